The Morgan fingerprint density at radius 1 is 1.09 bits per heavy atom. The molecule has 2 amide bonds. The molecule has 0 saturated heterocycles. The summed E-state index contributed by atoms with van der Waals surface area (Å²) in [5.74, 6) is -0.460. The number of hydrogen-bond acceptors (Lipinski definition) is 2. The molecule has 0 aromatic heterocycles. The summed E-state index contributed by atoms with van der Waals surface area (Å²) >= 11 is 9.27. The molecule has 0 fully saturated rings. The first-order chi connectivity index (χ1) is 10.6. The number of halogens is 2. The van der Waals surface area contributed by atoms with E-state index in [1.54, 1.807) is 36.4 Å². The molecule has 2 N–H and O–H groups in total. The summed E-state index contributed by atoms with van der Waals surface area (Å²) in [6.07, 6.45) is 0.183. The van der Waals surface area contributed by atoms with Crippen molar-refractivity contribution in [1.82, 2.24) is 5.32 Å². The third-order valence-corrected chi connectivity index (χ3v) is 3.69. The topological polar surface area (TPSA) is 58.2 Å². The van der Waals surface area contributed by atoms with Crippen molar-refractivity contribution >= 4 is 45.0 Å². The Kier molecular flexibility index (Phi) is 5.98. The zero-order valence-corrected chi connectivity index (χ0v) is 13.9. The van der Waals surface area contributed by atoms with Crippen LogP contribution in [-0.2, 0) is 4.79 Å². The molecule has 0 aliphatic carbocycles. The van der Waals surface area contributed by atoms with Gasteiger partial charge in [-0.3, -0.25) is 9.59 Å². The molecule has 0 radical (unpaired) electrons. The molecule has 2 aromatic carbocycles. The predicted molar refractivity (Wildman–Crippen MR) is 91.2 cm³/mol. The Morgan fingerprint density at radius 2 is 1.86 bits per heavy atom. The van der Waals surface area contributed by atoms with E-state index in [0.29, 0.717) is 16.3 Å². The second-order valence-corrected chi connectivity index (χ2v) is 5.87. The molecule has 22 heavy (non-hydrogen) atoms. The fraction of sp³-hybridized carbons (Fsp3) is 0.125. The van der Waals surface area contributed by atoms with Gasteiger partial charge in [-0.2, -0.15) is 0 Å². The third-order valence-electron chi connectivity index (χ3n) is 2.86. The number of carbonyl (C=O) groups is 2. The van der Waals surface area contributed by atoms with Gasteiger partial charge in [-0.25, -0.2) is 0 Å². The van der Waals surface area contributed by atoms with E-state index in [1.165, 1.54) is 0 Å². The summed E-state index contributed by atoms with van der Waals surface area (Å²) < 4.78 is 0.886. The van der Waals surface area contributed by atoms with Crippen LogP contribution in [0.3, 0.4) is 0 Å². The minimum Gasteiger partial charge on any atom is -0.351 e. The van der Waals surface area contributed by atoms with E-state index in [0.717, 1.165) is 4.47 Å². The average Bonchev–Trinajstić information content (AvgIpc) is 2.47. The van der Waals surface area contributed by atoms with E-state index >= 15 is 0 Å². The molecule has 114 valence electrons. The van der Waals surface area contributed by atoms with Crippen LogP contribution in [0.15, 0.2) is 53.0 Å². The lowest BCUT2D eigenvalue weighted by Crippen LogP contribution is -2.27. The third kappa shape index (κ3) is 4.86. The number of nitrogens with one attached hydrogen (secondary N) is 2. The highest BCUT2D eigenvalue weighted by Crippen LogP contribution is 2.16. The summed E-state index contributed by atoms with van der Waals surface area (Å²) in [5, 5.41) is 5.82. The highest BCUT2D eigenvalue weighted by Gasteiger charge is 2.09. The molecule has 0 spiro atoms. The van der Waals surface area contributed by atoms with Gasteiger partial charge in [0, 0.05) is 23.1 Å². The number of amides is 2. The zero-order chi connectivity index (χ0) is 15.9. The van der Waals surface area contributed by atoms with Crippen molar-refractivity contribution in [3.8, 4) is 0 Å². The normalized spacial score (nSPS) is 10.1. The van der Waals surface area contributed by atoms with Crippen LogP contribution < -0.4 is 10.6 Å². The van der Waals surface area contributed by atoms with Gasteiger partial charge in [-0.1, -0.05) is 45.7 Å². The maximum atomic E-state index is 11.9. The molecule has 2 rings (SSSR count). The first-order valence-corrected chi connectivity index (χ1v) is 7.81. The largest absolute Gasteiger partial charge is 0.351 e. The second kappa shape index (κ2) is 7.96. The van der Waals surface area contributed by atoms with Gasteiger partial charge in [0.1, 0.15) is 0 Å². The van der Waals surface area contributed by atoms with E-state index < -0.39 is 0 Å². The Hall–Kier alpha value is -1.85. The minimum absolute atomic E-state index is 0.169. The van der Waals surface area contributed by atoms with E-state index in [1.807, 2.05) is 12.1 Å². The molecule has 0 aliphatic rings. The van der Waals surface area contributed by atoms with E-state index in [9.17, 15) is 9.59 Å². The number of anilines is 1. The summed E-state index contributed by atoms with van der Waals surface area (Å²) in [5.41, 5.74) is 1.10. The van der Waals surface area contributed by atoms with Crippen LogP contribution in [0.2, 0.25) is 5.02 Å². The van der Waals surface area contributed by atoms with Gasteiger partial charge in [0.2, 0.25) is 5.91 Å². The molecule has 0 bridgehead atoms. The lowest BCUT2D eigenvalue weighted by Gasteiger charge is -2.08. The van der Waals surface area contributed by atoms with E-state index in [4.69, 9.17) is 11.6 Å². The van der Waals surface area contributed by atoms with Crippen molar-refractivity contribution in [2.75, 3.05) is 11.9 Å². The number of carbonyl (C=O) groups excluding carboxylic acids is 2. The van der Waals surface area contributed by atoms with Gasteiger partial charge in [0.15, 0.2) is 0 Å². The fourth-order valence-electron chi connectivity index (χ4n) is 1.82. The highest BCUT2D eigenvalue weighted by molar-refractivity contribution is 9.10. The molecular weight excluding hydrogens is 368 g/mol. The van der Waals surface area contributed by atoms with Crippen LogP contribution >= 0.6 is 27.5 Å². The SMILES string of the molecule is O=C(CCNC(=O)c1ccccc1Cl)Nc1cccc(Br)c1. The van der Waals surface area contributed by atoms with Gasteiger partial charge < -0.3 is 10.6 Å². The highest BCUT2D eigenvalue weighted by atomic mass is 79.9. The Morgan fingerprint density at radius 3 is 2.59 bits per heavy atom. The summed E-state index contributed by atoms with van der Waals surface area (Å²) in [4.78, 5) is 23.7. The molecular formula is C16H14BrClN2O2. The van der Waals surface area contributed by atoms with Crippen LogP contribution in [-0.4, -0.2) is 18.4 Å². The maximum absolute atomic E-state index is 11.9. The van der Waals surface area contributed by atoms with Crippen LogP contribution in [0, 0.1) is 0 Å². The lowest BCUT2D eigenvalue weighted by molar-refractivity contribution is -0.116. The lowest BCUT2D eigenvalue weighted by atomic mass is 10.2. The van der Waals surface area contributed by atoms with Crippen molar-refractivity contribution < 1.29 is 9.59 Å². The fourth-order valence-corrected chi connectivity index (χ4v) is 2.44. The van der Waals surface area contributed by atoms with Crippen LogP contribution in [0.25, 0.3) is 0 Å². The molecule has 2 aromatic rings. The zero-order valence-electron chi connectivity index (χ0n) is 11.6. The van der Waals surface area contributed by atoms with Gasteiger partial charge in [0.05, 0.1) is 10.6 Å². The summed E-state index contributed by atoms with van der Waals surface area (Å²) in [6, 6.07) is 14.1. The van der Waals surface area contributed by atoms with E-state index in [-0.39, 0.29) is 24.8 Å². The summed E-state index contributed by atoms with van der Waals surface area (Å²) in [7, 11) is 0. The van der Waals surface area contributed by atoms with Crippen LogP contribution in [0.5, 0.6) is 0 Å². The van der Waals surface area contributed by atoms with Crippen LogP contribution in [0.4, 0.5) is 5.69 Å². The molecule has 6 heteroatoms. The summed E-state index contributed by atoms with van der Waals surface area (Å²) in [6.45, 7) is 0.240. The van der Waals surface area contributed by atoms with Crippen LogP contribution in [0.1, 0.15) is 16.8 Å². The number of hydrogen-bond donors (Lipinski definition) is 2. The number of benzene rings is 2. The minimum atomic E-state index is -0.291. The van der Waals surface area contributed by atoms with Crippen molar-refractivity contribution in [3.05, 3.63) is 63.6 Å². The number of rotatable bonds is 5. The van der Waals surface area contributed by atoms with Gasteiger partial charge in [-0.05, 0) is 30.3 Å². The molecule has 0 atom stereocenters. The van der Waals surface area contributed by atoms with Gasteiger partial charge in [0.25, 0.3) is 5.91 Å². The quantitative estimate of drug-likeness (QED) is 0.826. The predicted octanol–water partition coefficient (Wildman–Crippen LogP) is 3.86. The molecule has 0 unspecified atom stereocenters. The van der Waals surface area contributed by atoms with Gasteiger partial charge in [-0.15, -0.1) is 0 Å². The monoisotopic (exact) mass is 380 g/mol. The van der Waals surface area contributed by atoms with Gasteiger partial charge >= 0.3 is 0 Å². The molecule has 0 aliphatic heterocycles. The maximum Gasteiger partial charge on any atom is 0.252 e. The van der Waals surface area contributed by atoms with E-state index in [2.05, 4.69) is 26.6 Å². The standard InChI is InChI=1S/C16H14BrClN2O2/c17-11-4-3-5-12(10-11)20-15(21)8-9-19-16(22)13-6-1-2-7-14(13)18/h1-7,10H,8-9H2,(H,19,22)(H,20,21). The smallest absolute Gasteiger partial charge is 0.252 e. The first-order valence-electron chi connectivity index (χ1n) is 6.64. The van der Waals surface area contributed by atoms with Crippen molar-refractivity contribution in [2.45, 2.75) is 6.42 Å². The van der Waals surface area contributed by atoms with Crippen molar-refractivity contribution in [1.29, 1.82) is 0 Å². The Balaban J connectivity index is 1.80. The second-order valence-electron chi connectivity index (χ2n) is 4.54. The Bertz CT molecular complexity index is 691. The average molecular weight is 382 g/mol. The molecule has 0 saturated carbocycles. The Labute approximate surface area is 142 Å². The van der Waals surface area contributed by atoms with Crippen molar-refractivity contribution in [3.63, 3.8) is 0 Å². The molecule has 4 nitrogen and oxygen atoms in total. The first kappa shape index (κ1) is 16.5. The van der Waals surface area contributed by atoms with Crippen molar-refractivity contribution in [2.24, 2.45) is 0 Å². The molecule has 0 heterocycles.